The molecule has 0 fully saturated rings. The van der Waals surface area contributed by atoms with Gasteiger partial charge < -0.3 is 9.15 Å². The monoisotopic (exact) mass is 351 g/mol. The number of benzene rings is 1. The minimum Gasteiger partial charge on any atom is -0.484 e. The zero-order valence-corrected chi connectivity index (χ0v) is 13.7. The predicted octanol–water partition coefficient (Wildman–Crippen LogP) is 2.99. The summed E-state index contributed by atoms with van der Waals surface area (Å²) in [6.45, 7) is 3.44. The number of carbonyl (C=O) groups is 1. The van der Waals surface area contributed by atoms with Gasteiger partial charge in [-0.25, -0.2) is 5.43 Å². The van der Waals surface area contributed by atoms with Gasteiger partial charge in [0.1, 0.15) is 10.7 Å². The second-order valence-corrected chi connectivity index (χ2v) is 5.26. The molecule has 0 atom stereocenters. The van der Waals surface area contributed by atoms with Crippen LogP contribution >= 0.6 is 11.6 Å². The molecule has 0 aliphatic rings. The van der Waals surface area contributed by atoms with Crippen LogP contribution in [0.2, 0.25) is 5.02 Å². The van der Waals surface area contributed by atoms with Crippen LogP contribution in [0.25, 0.3) is 0 Å². The first-order valence-electron chi connectivity index (χ1n) is 6.82. The molecule has 1 heterocycles. The van der Waals surface area contributed by atoms with E-state index in [9.17, 15) is 14.9 Å². The Morgan fingerprint density at radius 2 is 2.08 bits per heavy atom. The van der Waals surface area contributed by atoms with E-state index in [1.807, 2.05) is 13.8 Å². The molecule has 1 amide bonds. The molecular formula is C15H14ClN3O5. The number of hydrogen-bond donors (Lipinski definition) is 1. The standard InChI is InChI=1S/C15H14ClN3O5/c1-9-5-12(6-10(2)15(9)16)23-8-13(20)18-17-7-11-3-4-14(24-11)19(21)22/h3-7H,8H2,1-2H3,(H,18,20)/b17-7-. The molecule has 0 aliphatic carbocycles. The third-order valence-corrected chi connectivity index (χ3v) is 3.55. The van der Waals surface area contributed by atoms with Crippen LogP contribution in [0, 0.1) is 24.0 Å². The van der Waals surface area contributed by atoms with Gasteiger partial charge in [0.05, 0.1) is 12.3 Å². The molecule has 1 aromatic heterocycles. The van der Waals surface area contributed by atoms with E-state index in [1.54, 1.807) is 12.1 Å². The summed E-state index contributed by atoms with van der Waals surface area (Å²) in [5.74, 6) is -0.223. The molecular weight excluding hydrogens is 338 g/mol. The molecule has 1 N–H and O–H groups in total. The molecule has 0 aliphatic heterocycles. The lowest BCUT2D eigenvalue weighted by atomic mass is 10.1. The van der Waals surface area contributed by atoms with Crippen LogP contribution < -0.4 is 10.2 Å². The van der Waals surface area contributed by atoms with Crippen LogP contribution in [-0.4, -0.2) is 23.7 Å². The number of nitrogens with one attached hydrogen (secondary N) is 1. The van der Waals surface area contributed by atoms with Crippen molar-refractivity contribution in [2.24, 2.45) is 5.10 Å². The number of rotatable bonds is 6. The second kappa shape index (κ2) is 7.60. The van der Waals surface area contributed by atoms with Gasteiger partial charge in [0.25, 0.3) is 5.91 Å². The van der Waals surface area contributed by atoms with Crippen LogP contribution in [0.3, 0.4) is 0 Å². The van der Waals surface area contributed by atoms with Crippen LogP contribution in [0.1, 0.15) is 16.9 Å². The third kappa shape index (κ3) is 4.56. The van der Waals surface area contributed by atoms with Gasteiger partial charge in [-0.1, -0.05) is 11.6 Å². The number of hydrazone groups is 1. The van der Waals surface area contributed by atoms with E-state index in [0.717, 1.165) is 17.3 Å². The maximum Gasteiger partial charge on any atom is 0.433 e. The highest BCUT2D eigenvalue weighted by molar-refractivity contribution is 6.32. The summed E-state index contributed by atoms with van der Waals surface area (Å²) in [4.78, 5) is 21.4. The van der Waals surface area contributed by atoms with Gasteiger partial charge in [-0.3, -0.25) is 14.9 Å². The van der Waals surface area contributed by atoms with E-state index in [2.05, 4.69) is 10.5 Å². The fraction of sp³-hybridized carbons (Fsp3) is 0.200. The average molecular weight is 352 g/mol. The highest BCUT2D eigenvalue weighted by atomic mass is 35.5. The van der Waals surface area contributed by atoms with Crippen molar-refractivity contribution in [3.63, 3.8) is 0 Å². The second-order valence-electron chi connectivity index (χ2n) is 4.89. The summed E-state index contributed by atoms with van der Waals surface area (Å²) in [7, 11) is 0. The van der Waals surface area contributed by atoms with Gasteiger partial charge in [-0.2, -0.15) is 5.10 Å². The molecule has 0 spiro atoms. The van der Waals surface area contributed by atoms with Gasteiger partial charge >= 0.3 is 5.88 Å². The average Bonchev–Trinajstić information content (AvgIpc) is 2.99. The Hall–Kier alpha value is -2.87. The Morgan fingerprint density at radius 3 is 2.67 bits per heavy atom. The first kappa shape index (κ1) is 17.5. The van der Waals surface area contributed by atoms with Gasteiger partial charge in [-0.15, -0.1) is 0 Å². The third-order valence-electron chi connectivity index (χ3n) is 2.95. The molecule has 0 bridgehead atoms. The van der Waals surface area contributed by atoms with E-state index >= 15 is 0 Å². The van der Waals surface area contributed by atoms with E-state index in [1.165, 1.54) is 12.1 Å². The van der Waals surface area contributed by atoms with Crippen molar-refractivity contribution < 1.29 is 18.9 Å². The normalized spacial score (nSPS) is 10.8. The van der Waals surface area contributed by atoms with Gasteiger partial charge in [0.15, 0.2) is 12.4 Å². The highest BCUT2D eigenvalue weighted by Crippen LogP contribution is 2.25. The summed E-state index contributed by atoms with van der Waals surface area (Å²) in [5.41, 5.74) is 3.93. The fourth-order valence-electron chi connectivity index (χ4n) is 1.85. The van der Waals surface area contributed by atoms with E-state index in [4.69, 9.17) is 20.8 Å². The van der Waals surface area contributed by atoms with Crippen molar-refractivity contribution in [3.05, 3.63) is 56.3 Å². The van der Waals surface area contributed by atoms with Crippen molar-refractivity contribution in [2.75, 3.05) is 6.61 Å². The van der Waals surface area contributed by atoms with Crippen molar-refractivity contribution in [2.45, 2.75) is 13.8 Å². The lowest BCUT2D eigenvalue weighted by Crippen LogP contribution is -2.24. The molecule has 0 unspecified atom stereocenters. The van der Waals surface area contributed by atoms with Gasteiger partial charge in [0, 0.05) is 5.02 Å². The van der Waals surface area contributed by atoms with E-state index in [0.29, 0.717) is 10.8 Å². The number of hydrogen-bond acceptors (Lipinski definition) is 6. The molecule has 2 rings (SSSR count). The first-order valence-corrected chi connectivity index (χ1v) is 7.20. The van der Waals surface area contributed by atoms with Gasteiger partial charge in [0.2, 0.25) is 0 Å². The first-order chi connectivity index (χ1) is 11.4. The van der Waals surface area contributed by atoms with Crippen LogP contribution in [0.5, 0.6) is 5.75 Å². The molecule has 0 saturated heterocycles. The number of halogens is 1. The SMILES string of the molecule is Cc1cc(OCC(=O)N/N=C\c2ccc([N+](=O)[O-])o2)cc(C)c1Cl. The number of amides is 1. The van der Waals surface area contributed by atoms with E-state index in [-0.39, 0.29) is 12.4 Å². The zero-order valence-electron chi connectivity index (χ0n) is 12.9. The van der Waals surface area contributed by atoms with Crippen molar-refractivity contribution in [3.8, 4) is 5.75 Å². The maximum atomic E-state index is 11.6. The quantitative estimate of drug-likeness (QED) is 0.489. The largest absolute Gasteiger partial charge is 0.484 e. The molecule has 24 heavy (non-hydrogen) atoms. The Kier molecular flexibility index (Phi) is 5.54. The smallest absolute Gasteiger partial charge is 0.433 e. The lowest BCUT2D eigenvalue weighted by Gasteiger charge is -2.09. The number of ether oxygens (including phenoxy) is 1. The minimum absolute atomic E-state index is 0.145. The lowest BCUT2D eigenvalue weighted by molar-refractivity contribution is -0.402. The molecule has 1 aromatic carbocycles. The summed E-state index contributed by atoms with van der Waals surface area (Å²) in [5, 5.41) is 14.7. The van der Waals surface area contributed by atoms with E-state index < -0.39 is 16.7 Å². The Morgan fingerprint density at radius 1 is 1.42 bits per heavy atom. The highest BCUT2D eigenvalue weighted by Gasteiger charge is 2.10. The van der Waals surface area contributed by atoms with Crippen molar-refractivity contribution in [1.82, 2.24) is 5.43 Å². The van der Waals surface area contributed by atoms with Crippen molar-refractivity contribution in [1.29, 1.82) is 0 Å². The summed E-state index contributed by atoms with van der Waals surface area (Å²) >= 11 is 6.06. The number of aryl methyl sites for hydroxylation is 2. The Labute approximate surface area is 142 Å². The maximum absolute atomic E-state index is 11.6. The molecule has 2 aromatic rings. The summed E-state index contributed by atoms with van der Waals surface area (Å²) in [6.07, 6.45) is 1.15. The Bertz CT molecular complexity index is 777. The molecule has 8 nitrogen and oxygen atoms in total. The topological polar surface area (TPSA) is 107 Å². The van der Waals surface area contributed by atoms with Crippen molar-refractivity contribution >= 4 is 29.6 Å². The number of carbonyl (C=O) groups excluding carboxylic acids is 1. The molecule has 0 radical (unpaired) electrons. The Balaban J connectivity index is 1.85. The number of nitrogens with zero attached hydrogens (tertiary/aromatic N) is 2. The number of nitro groups is 1. The predicted molar refractivity (Wildman–Crippen MR) is 87.5 cm³/mol. The summed E-state index contributed by atoms with van der Waals surface area (Å²) < 4.78 is 10.2. The molecule has 126 valence electrons. The van der Waals surface area contributed by atoms with Crippen LogP contribution in [-0.2, 0) is 4.79 Å². The zero-order chi connectivity index (χ0) is 17.7. The van der Waals surface area contributed by atoms with Crippen LogP contribution in [0.4, 0.5) is 5.88 Å². The minimum atomic E-state index is -0.667. The number of furan rings is 1. The van der Waals surface area contributed by atoms with Crippen LogP contribution in [0.15, 0.2) is 33.8 Å². The molecule has 0 saturated carbocycles. The fourth-order valence-corrected chi connectivity index (χ4v) is 1.96. The summed E-state index contributed by atoms with van der Waals surface area (Å²) in [6, 6.07) is 6.02. The van der Waals surface area contributed by atoms with Gasteiger partial charge in [-0.05, 0) is 43.2 Å². The molecule has 9 heteroatoms.